The number of carbonyl (C=O) groups excluding carboxylic acids is 2. The second-order valence-corrected chi connectivity index (χ2v) is 4.88. The van der Waals surface area contributed by atoms with Gasteiger partial charge in [0.25, 0.3) is 0 Å². The van der Waals surface area contributed by atoms with Gasteiger partial charge >= 0.3 is 0 Å². The van der Waals surface area contributed by atoms with Crippen LogP contribution < -0.4 is 16.4 Å². The Morgan fingerprint density at radius 2 is 2.26 bits per heavy atom. The van der Waals surface area contributed by atoms with Crippen LogP contribution in [0.5, 0.6) is 0 Å². The number of hydrogen-bond acceptors (Lipinski definition) is 5. The summed E-state index contributed by atoms with van der Waals surface area (Å²) in [7, 11) is 1.74. The van der Waals surface area contributed by atoms with Crippen molar-refractivity contribution in [3.63, 3.8) is 0 Å². The normalized spacial score (nSPS) is 19.2. The molecule has 1 aliphatic heterocycles. The highest BCUT2D eigenvalue weighted by atomic mass is 32.1. The van der Waals surface area contributed by atoms with E-state index in [0.717, 1.165) is 0 Å². The molecule has 4 N–H and O–H groups in total. The fourth-order valence-corrected chi connectivity index (χ4v) is 2.36. The number of amides is 2. The maximum Gasteiger partial charge on any atom is 0.249 e. The number of aryl methyl sites for hydroxylation is 2. The Kier molecular flexibility index (Phi) is 3.52. The number of nitrogens with one attached hydrogen (secondary N) is 2. The summed E-state index contributed by atoms with van der Waals surface area (Å²) < 4.78 is 1.59. The van der Waals surface area contributed by atoms with E-state index in [9.17, 15) is 9.59 Å². The van der Waals surface area contributed by atoms with Crippen molar-refractivity contribution in [1.82, 2.24) is 15.1 Å². The predicted octanol–water partition coefficient (Wildman–Crippen LogP) is -0.420. The van der Waals surface area contributed by atoms with Gasteiger partial charge in [0.15, 0.2) is 0 Å². The van der Waals surface area contributed by atoms with Crippen LogP contribution in [0.4, 0.5) is 5.82 Å². The van der Waals surface area contributed by atoms with E-state index in [-0.39, 0.29) is 16.8 Å². The van der Waals surface area contributed by atoms with Crippen molar-refractivity contribution in [3.05, 3.63) is 11.3 Å². The second-order valence-electron chi connectivity index (χ2n) is 4.44. The maximum atomic E-state index is 11.7. The largest absolute Gasteiger partial charge is 0.389 e. The Hall–Kier alpha value is -1.96. The molecule has 0 radical (unpaired) electrons. The summed E-state index contributed by atoms with van der Waals surface area (Å²) in [5.41, 5.74) is 7.00. The van der Waals surface area contributed by atoms with Crippen LogP contribution in [0, 0.1) is 6.92 Å². The quantitative estimate of drug-likeness (QED) is 0.514. The van der Waals surface area contributed by atoms with Gasteiger partial charge in [-0.3, -0.25) is 19.6 Å². The molecule has 0 aromatic carbocycles. The van der Waals surface area contributed by atoms with E-state index >= 15 is 0 Å². The van der Waals surface area contributed by atoms with Gasteiger partial charge in [0.2, 0.25) is 11.8 Å². The highest BCUT2D eigenvalue weighted by molar-refractivity contribution is 7.80. The van der Waals surface area contributed by atoms with Gasteiger partial charge in [-0.15, -0.1) is 0 Å². The number of anilines is 1. The number of imide groups is 1. The highest BCUT2D eigenvalue weighted by Gasteiger charge is 2.28. The van der Waals surface area contributed by atoms with Crippen LogP contribution in [-0.4, -0.2) is 32.6 Å². The van der Waals surface area contributed by atoms with Crippen molar-refractivity contribution in [2.24, 2.45) is 12.8 Å². The van der Waals surface area contributed by atoms with Crippen molar-refractivity contribution in [1.29, 1.82) is 0 Å². The van der Waals surface area contributed by atoms with Crippen molar-refractivity contribution in [2.45, 2.75) is 25.8 Å². The lowest BCUT2D eigenvalue weighted by molar-refractivity contribution is -0.133. The van der Waals surface area contributed by atoms with Gasteiger partial charge in [-0.25, -0.2) is 0 Å². The molecule has 2 rings (SSSR count). The number of thiocarbonyl (C=S) groups is 1. The first kappa shape index (κ1) is 13.5. The predicted molar refractivity (Wildman–Crippen MR) is 73.6 cm³/mol. The first-order valence-electron chi connectivity index (χ1n) is 5.83. The molecule has 1 saturated heterocycles. The lowest BCUT2D eigenvalue weighted by atomic mass is 10.1. The Balaban J connectivity index is 2.26. The van der Waals surface area contributed by atoms with E-state index in [1.54, 1.807) is 18.7 Å². The van der Waals surface area contributed by atoms with Crippen LogP contribution >= 0.6 is 12.2 Å². The lowest BCUT2D eigenvalue weighted by Crippen LogP contribution is -2.47. The van der Waals surface area contributed by atoms with Crippen molar-refractivity contribution in [2.75, 3.05) is 5.32 Å². The number of nitrogens with zero attached hydrogens (tertiary/aromatic N) is 2. The highest BCUT2D eigenvalue weighted by Crippen LogP contribution is 2.21. The molecule has 102 valence electrons. The zero-order chi connectivity index (χ0) is 14.2. The summed E-state index contributed by atoms with van der Waals surface area (Å²) in [6.45, 7) is 1.80. The van der Waals surface area contributed by atoms with E-state index in [0.29, 0.717) is 29.9 Å². The van der Waals surface area contributed by atoms with Gasteiger partial charge in [0.1, 0.15) is 16.8 Å². The van der Waals surface area contributed by atoms with Crippen molar-refractivity contribution in [3.8, 4) is 0 Å². The minimum atomic E-state index is -0.486. The monoisotopic (exact) mass is 281 g/mol. The summed E-state index contributed by atoms with van der Waals surface area (Å²) in [5.74, 6) is 0.00213. The molecule has 1 aromatic heterocycles. The van der Waals surface area contributed by atoms with Gasteiger partial charge in [-0.2, -0.15) is 5.10 Å². The van der Waals surface area contributed by atoms with Gasteiger partial charge < -0.3 is 11.1 Å². The molecule has 0 spiro atoms. The molecule has 0 bridgehead atoms. The smallest absolute Gasteiger partial charge is 0.249 e. The lowest BCUT2D eigenvalue weighted by Gasteiger charge is -2.23. The second kappa shape index (κ2) is 4.96. The van der Waals surface area contributed by atoms with E-state index in [1.807, 2.05) is 0 Å². The number of carbonyl (C=O) groups is 2. The maximum absolute atomic E-state index is 11.7. The van der Waals surface area contributed by atoms with E-state index < -0.39 is 6.04 Å². The van der Waals surface area contributed by atoms with E-state index in [4.69, 9.17) is 18.0 Å². The third kappa shape index (κ3) is 2.58. The van der Waals surface area contributed by atoms with Crippen molar-refractivity contribution < 1.29 is 9.59 Å². The molecule has 0 saturated carbocycles. The molecule has 19 heavy (non-hydrogen) atoms. The Bertz CT molecular complexity index is 566. The molecule has 2 amide bonds. The van der Waals surface area contributed by atoms with Crippen LogP contribution in [-0.2, 0) is 16.6 Å². The number of rotatable bonds is 3. The molecular weight excluding hydrogens is 266 g/mol. The average molecular weight is 281 g/mol. The zero-order valence-electron chi connectivity index (χ0n) is 10.7. The summed E-state index contributed by atoms with van der Waals surface area (Å²) in [6, 6.07) is -0.486. The zero-order valence-corrected chi connectivity index (χ0v) is 11.5. The minimum Gasteiger partial charge on any atom is -0.389 e. The summed E-state index contributed by atoms with van der Waals surface area (Å²) in [6.07, 6.45) is 0.744. The topological polar surface area (TPSA) is 102 Å². The van der Waals surface area contributed by atoms with Crippen LogP contribution in [0.3, 0.4) is 0 Å². The first-order valence-corrected chi connectivity index (χ1v) is 6.24. The molecule has 7 nitrogen and oxygen atoms in total. The Labute approximate surface area is 115 Å². The van der Waals surface area contributed by atoms with Crippen LogP contribution in [0.25, 0.3) is 0 Å². The molecule has 1 fully saturated rings. The standard InChI is InChI=1S/C11H15N5O2S/c1-5-8(9(12)19)10(16(2)15-5)13-6-3-4-7(17)14-11(6)18/h6,13H,3-4H2,1-2H3,(H2,12,19)(H,14,17,18). The third-order valence-corrected chi connectivity index (χ3v) is 3.22. The molecular formula is C11H15N5O2S. The number of nitrogens with two attached hydrogens (primary N) is 1. The summed E-state index contributed by atoms with van der Waals surface area (Å²) in [5, 5.41) is 9.58. The Morgan fingerprint density at radius 3 is 2.84 bits per heavy atom. The molecule has 1 aliphatic rings. The van der Waals surface area contributed by atoms with Gasteiger partial charge in [0.05, 0.1) is 11.3 Å². The van der Waals surface area contributed by atoms with Gasteiger partial charge in [-0.1, -0.05) is 12.2 Å². The molecule has 1 aromatic rings. The van der Waals surface area contributed by atoms with E-state index in [2.05, 4.69) is 15.7 Å². The molecule has 8 heteroatoms. The van der Waals surface area contributed by atoms with Gasteiger partial charge in [0, 0.05) is 13.5 Å². The fourth-order valence-electron chi connectivity index (χ4n) is 2.12. The SMILES string of the molecule is Cc1nn(C)c(NC2CCC(=O)NC2=O)c1C(N)=S. The molecule has 0 aliphatic carbocycles. The molecule has 1 unspecified atom stereocenters. The summed E-state index contributed by atoms with van der Waals surface area (Å²) in [4.78, 5) is 23.0. The van der Waals surface area contributed by atoms with Crippen molar-refractivity contribution >= 4 is 34.8 Å². The minimum absolute atomic E-state index is 0.223. The summed E-state index contributed by atoms with van der Waals surface area (Å²) >= 11 is 5.00. The Morgan fingerprint density at radius 1 is 1.58 bits per heavy atom. The van der Waals surface area contributed by atoms with Crippen LogP contribution in [0.2, 0.25) is 0 Å². The third-order valence-electron chi connectivity index (χ3n) is 3.02. The van der Waals surface area contributed by atoms with Crippen LogP contribution in [0.1, 0.15) is 24.1 Å². The molecule has 1 atom stereocenters. The number of hydrogen-bond donors (Lipinski definition) is 3. The number of piperidine rings is 1. The first-order chi connectivity index (χ1) is 8.90. The fraction of sp³-hybridized carbons (Fsp3) is 0.455. The van der Waals surface area contributed by atoms with Gasteiger partial charge in [-0.05, 0) is 13.3 Å². The van der Waals surface area contributed by atoms with E-state index in [1.165, 1.54) is 0 Å². The van der Waals surface area contributed by atoms with Crippen LogP contribution in [0.15, 0.2) is 0 Å². The average Bonchev–Trinajstić information content (AvgIpc) is 2.57. The number of aromatic nitrogens is 2. The molecule has 2 heterocycles.